The van der Waals surface area contributed by atoms with Crippen LogP contribution in [0.2, 0.25) is 0 Å². The molecule has 0 fully saturated rings. The van der Waals surface area contributed by atoms with E-state index in [9.17, 15) is 14.4 Å². The first kappa shape index (κ1) is 69.1. The van der Waals surface area contributed by atoms with Crippen molar-refractivity contribution >= 4 is 17.9 Å². The number of carbonyl (C=O) groups excluding carboxylic acids is 3. The van der Waals surface area contributed by atoms with E-state index in [2.05, 4.69) is 130 Å². The molecule has 0 N–H and O–H groups in total. The molecule has 0 aromatic heterocycles. The van der Waals surface area contributed by atoms with E-state index in [1.807, 2.05) is 0 Å². The van der Waals surface area contributed by atoms with Crippen LogP contribution in [0.25, 0.3) is 0 Å². The molecule has 0 aromatic carbocycles. The first-order valence-electron chi connectivity index (χ1n) is 30.4. The summed E-state index contributed by atoms with van der Waals surface area (Å²) in [5.41, 5.74) is 0. The Labute approximate surface area is 450 Å². The Morgan fingerprint density at radius 2 is 0.562 bits per heavy atom. The van der Waals surface area contributed by atoms with E-state index in [4.69, 9.17) is 14.2 Å². The second kappa shape index (κ2) is 60.6. The highest BCUT2D eigenvalue weighted by Crippen LogP contribution is 2.16. The van der Waals surface area contributed by atoms with Gasteiger partial charge < -0.3 is 14.2 Å². The molecule has 0 spiro atoms. The highest BCUT2D eigenvalue weighted by atomic mass is 16.6. The summed E-state index contributed by atoms with van der Waals surface area (Å²) in [6, 6.07) is 0. The van der Waals surface area contributed by atoms with Crippen LogP contribution in [-0.2, 0) is 28.6 Å². The van der Waals surface area contributed by atoms with Gasteiger partial charge >= 0.3 is 17.9 Å². The molecule has 0 aliphatic carbocycles. The van der Waals surface area contributed by atoms with E-state index < -0.39 is 6.10 Å². The van der Waals surface area contributed by atoms with Crippen LogP contribution in [0.4, 0.5) is 0 Å². The van der Waals surface area contributed by atoms with Crippen molar-refractivity contribution in [1.29, 1.82) is 0 Å². The minimum atomic E-state index is -0.791. The number of hydrogen-bond donors (Lipinski definition) is 0. The van der Waals surface area contributed by atoms with Crippen molar-refractivity contribution in [2.75, 3.05) is 13.2 Å². The van der Waals surface area contributed by atoms with Crippen molar-refractivity contribution in [3.63, 3.8) is 0 Å². The van der Waals surface area contributed by atoms with E-state index in [1.54, 1.807) is 0 Å². The number of rotatable bonds is 54. The predicted octanol–water partition coefficient (Wildman–Crippen LogP) is 20.7. The third kappa shape index (κ3) is 58.8. The van der Waals surface area contributed by atoms with Crippen LogP contribution in [0.3, 0.4) is 0 Å². The van der Waals surface area contributed by atoms with Crippen molar-refractivity contribution < 1.29 is 28.6 Å². The molecule has 416 valence electrons. The van der Waals surface area contributed by atoms with Gasteiger partial charge in [-0.15, -0.1) is 0 Å². The lowest BCUT2D eigenvalue weighted by Gasteiger charge is -2.18. The van der Waals surface area contributed by atoms with Crippen molar-refractivity contribution in [2.24, 2.45) is 0 Å². The summed E-state index contributed by atoms with van der Waals surface area (Å²) in [6.45, 7) is 6.45. The highest BCUT2D eigenvalue weighted by molar-refractivity contribution is 5.71. The Balaban J connectivity index is 4.31. The molecule has 0 amide bonds. The molecule has 6 nitrogen and oxygen atoms in total. The highest BCUT2D eigenvalue weighted by Gasteiger charge is 2.19. The van der Waals surface area contributed by atoms with Crippen LogP contribution in [0.15, 0.2) is 109 Å². The summed E-state index contributed by atoms with van der Waals surface area (Å²) in [7, 11) is 0. The topological polar surface area (TPSA) is 78.9 Å². The fourth-order valence-electron chi connectivity index (χ4n) is 8.23. The Morgan fingerprint density at radius 3 is 0.904 bits per heavy atom. The van der Waals surface area contributed by atoms with Crippen molar-refractivity contribution in [3.8, 4) is 0 Å². The smallest absolute Gasteiger partial charge is 0.306 e. The molecule has 0 rings (SSSR count). The molecule has 73 heavy (non-hydrogen) atoms. The minimum Gasteiger partial charge on any atom is -0.462 e. The molecule has 0 saturated carbocycles. The molecule has 0 aliphatic rings. The molecule has 0 aromatic rings. The normalized spacial score (nSPS) is 12.9. The fraction of sp³-hybridized carbons (Fsp3) is 0.687. The van der Waals surface area contributed by atoms with Crippen LogP contribution in [0, 0.1) is 0 Å². The number of hydrogen-bond acceptors (Lipinski definition) is 6. The Kier molecular flexibility index (Phi) is 57.4. The molecular weight excluding hydrogens is 901 g/mol. The van der Waals surface area contributed by atoms with Crippen LogP contribution >= 0.6 is 0 Å². The average molecular weight is 1010 g/mol. The van der Waals surface area contributed by atoms with E-state index >= 15 is 0 Å². The maximum absolute atomic E-state index is 12.8. The Hall–Kier alpha value is -3.93. The number of ether oxygens (including phenoxy) is 3. The summed E-state index contributed by atoms with van der Waals surface area (Å²) >= 11 is 0. The first-order chi connectivity index (χ1) is 36.0. The summed E-state index contributed by atoms with van der Waals surface area (Å²) in [4.78, 5) is 38.1. The van der Waals surface area contributed by atoms with E-state index in [0.717, 1.165) is 141 Å². The lowest BCUT2D eigenvalue weighted by atomic mass is 10.0. The van der Waals surface area contributed by atoms with Gasteiger partial charge in [-0.2, -0.15) is 0 Å². The maximum Gasteiger partial charge on any atom is 0.306 e. The zero-order valence-electron chi connectivity index (χ0n) is 47.6. The van der Waals surface area contributed by atoms with Crippen LogP contribution < -0.4 is 0 Å². The maximum atomic E-state index is 12.8. The lowest BCUT2D eigenvalue weighted by molar-refractivity contribution is -0.167. The number of carbonyl (C=O) groups is 3. The van der Waals surface area contributed by atoms with Gasteiger partial charge in [-0.1, -0.05) is 265 Å². The third-order valence-electron chi connectivity index (χ3n) is 12.7. The molecule has 0 heterocycles. The van der Waals surface area contributed by atoms with Gasteiger partial charge in [0.15, 0.2) is 6.10 Å². The molecular formula is C67H112O6. The average Bonchev–Trinajstić information content (AvgIpc) is 3.39. The van der Waals surface area contributed by atoms with Gasteiger partial charge in [0.05, 0.1) is 0 Å². The van der Waals surface area contributed by atoms with Crippen LogP contribution in [-0.4, -0.2) is 37.2 Å². The number of esters is 3. The van der Waals surface area contributed by atoms with E-state index in [0.29, 0.717) is 19.3 Å². The lowest BCUT2D eigenvalue weighted by Crippen LogP contribution is -2.30. The van der Waals surface area contributed by atoms with Gasteiger partial charge in [-0.3, -0.25) is 14.4 Å². The van der Waals surface area contributed by atoms with Crippen molar-refractivity contribution in [2.45, 2.75) is 284 Å². The second-order valence-corrected chi connectivity index (χ2v) is 19.9. The predicted molar refractivity (Wildman–Crippen MR) is 316 cm³/mol. The Bertz CT molecular complexity index is 1490. The molecule has 0 saturated heterocycles. The standard InChI is InChI=1S/C67H112O6/c1-4-7-10-13-16-19-22-24-26-28-29-30-31-32-33-34-35-36-37-38-39-40-42-43-45-48-51-54-57-60-66(69)72-63-64(62-71-65(68)59-56-53-50-47-21-18-15-12-9-6-3)73-67(70)61-58-55-52-49-46-44-41-27-25-23-20-17-14-11-8-5-2/h7,10,12,15-16,19,24,26,29-30,32-33,35-36,38-39,42-43,64H,4-6,8-9,11,13-14,17-18,20-23,25,27-28,31,34,37,40-41,44-63H2,1-3H3/b10-7-,15-12-,19-16-,26-24-,30-29-,33-32-,36-35-,39-38-,43-42-. The van der Waals surface area contributed by atoms with Gasteiger partial charge in [-0.25, -0.2) is 0 Å². The second-order valence-electron chi connectivity index (χ2n) is 19.9. The van der Waals surface area contributed by atoms with Crippen molar-refractivity contribution in [3.05, 3.63) is 109 Å². The number of unbranched alkanes of at least 4 members (excludes halogenated alkanes) is 25. The summed E-state index contributed by atoms with van der Waals surface area (Å²) in [5.74, 6) is -0.921. The summed E-state index contributed by atoms with van der Waals surface area (Å²) in [6.07, 6.45) is 82.4. The van der Waals surface area contributed by atoms with Gasteiger partial charge in [0.1, 0.15) is 13.2 Å². The molecule has 0 radical (unpaired) electrons. The largest absolute Gasteiger partial charge is 0.462 e. The zero-order valence-corrected chi connectivity index (χ0v) is 47.6. The summed E-state index contributed by atoms with van der Waals surface area (Å²) < 4.78 is 16.8. The van der Waals surface area contributed by atoms with E-state index in [-0.39, 0.29) is 31.1 Å². The van der Waals surface area contributed by atoms with Crippen molar-refractivity contribution in [1.82, 2.24) is 0 Å². The molecule has 6 heteroatoms. The van der Waals surface area contributed by atoms with Crippen LogP contribution in [0.1, 0.15) is 278 Å². The van der Waals surface area contributed by atoms with E-state index in [1.165, 1.54) is 96.3 Å². The van der Waals surface area contributed by atoms with Crippen LogP contribution in [0.5, 0.6) is 0 Å². The zero-order chi connectivity index (χ0) is 52.9. The first-order valence-corrected chi connectivity index (χ1v) is 30.4. The molecule has 0 bridgehead atoms. The quantitative estimate of drug-likeness (QED) is 0.0261. The fourth-order valence-corrected chi connectivity index (χ4v) is 8.23. The van der Waals surface area contributed by atoms with Gasteiger partial charge in [0, 0.05) is 19.3 Å². The molecule has 1 unspecified atom stereocenters. The monoisotopic (exact) mass is 1010 g/mol. The van der Waals surface area contributed by atoms with Gasteiger partial charge in [0.2, 0.25) is 0 Å². The van der Waals surface area contributed by atoms with Gasteiger partial charge in [0.25, 0.3) is 0 Å². The minimum absolute atomic E-state index is 0.0896. The third-order valence-corrected chi connectivity index (χ3v) is 12.7. The SMILES string of the molecule is CC/C=C\C/C=C\C/C=C\C/C=C\C/C=C\C/C=C\C/C=C\C/C=C\CCCCCCC(=O)OCC(COC(=O)CCCCCCC/C=C\CCC)OC(=O)CCCCCCCCCCCCCCCCCC. The summed E-state index contributed by atoms with van der Waals surface area (Å²) in [5, 5.41) is 0. The van der Waals surface area contributed by atoms with Gasteiger partial charge in [-0.05, 0) is 103 Å². The number of allylic oxidation sites excluding steroid dienone is 18. The Morgan fingerprint density at radius 1 is 0.288 bits per heavy atom. The molecule has 0 aliphatic heterocycles. The molecule has 1 atom stereocenters.